The van der Waals surface area contributed by atoms with E-state index >= 15 is 0 Å². The molecule has 2 aliphatic rings. The molecule has 2 saturated heterocycles. The number of benzene rings is 1. The second-order valence-electron chi connectivity index (χ2n) is 7.45. The minimum atomic E-state index is -0.0806. The van der Waals surface area contributed by atoms with Crippen molar-refractivity contribution in [1.82, 2.24) is 15.0 Å². The summed E-state index contributed by atoms with van der Waals surface area (Å²) in [4.78, 5) is 18.0. The van der Waals surface area contributed by atoms with Crippen LogP contribution < -0.4 is 15.2 Å². The third-order valence-corrected chi connectivity index (χ3v) is 5.26. The van der Waals surface area contributed by atoms with Crippen molar-refractivity contribution in [3.63, 3.8) is 0 Å². The summed E-state index contributed by atoms with van der Waals surface area (Å²) in [5.41, 5.74) is 5.50. The number of hydrogen-bond acceptors (Lipinski definition) is 11. The van der Waals surface area contributed by atoms with Crippen LogP contribution in [0.1, 0.15) is 30.5 Å². The number of nitrogens with zero attached hydrogens (tertiary/aromatic N) is 6. The van der Waals surface area contributed by atoms with Gasteiger partial charge in [0, 0.05) is 38.9 Å². The minimum absolute atomic E-state index is 0.0806. The lowest BCUT2D eigenvalue weighted by molar-refractivity contribution is 0.121. The molecule has 0 radical (unpaired) electrons. The summed E-state index contributed by atoms with van der Waals surface area (Å²) < 4.78 is 16.1. The number of hydrogen-bond donors (Lipinski definition) is 2. The third-order valence-electron chi connectivity index (χ3n) is 5.26. The van der Waals surface area contributed by atoms with Crippen molar-refractivity contribution in [2.45, 2.75) is 27.1 Å². The summed E-state index contributed by atoms with van der Waals surface area (Å²) >= 11 is 0. The van der Waals surface area contributed by atoms with E-state index in [9.17, 15) is 5.11 Å². The normalized spacial score (nSPS) is 16.4. The van der Waals surface area contributed by atoms with E-state index in [2.05, 4.69) is 35.3 Å². The average Bonchev–Trinajstić information content (AvgIpc) is 2.91. The number of morpholine rings is 2. The largest absolute Gasteiger partial charge is 0.392 e. The molecule has 0 amide bonds. The molecule has 1 aromatic carbocycles. The lowest BCUT2D eigenvalue weighted by Gasteiger charge is -2.30. The van der Waals surface area contributed by atoms with Crippen molar-refractivity contribution in [3.8, 4) is 0 Å². The Hall–Kier alpha value is -2.86. The zero-order valence-electron chi connectivity index (χ0n) is 20.2. The van der Waals surface area contributed by atoms with E-state index in [1.54, 1.807) is 13.3 Å². The molecule has 4 rings (SSSR count). The molecule has 0 aliphatic carbocycles. The number of anilines is 3. The first-order valence-electron chi connectivity index (χ1n) is 11.7. The van der Waals surface area contributed by atoms with Crippen molar-refractivity contribution in [2.24, 2.45) is 5.10 Å². The van der Waals surface area contributed by atoms with Gasteiger partial charge in [0.25, 0.3) is 0 Å². The smallest absolute Gasteiger partial charge is 0.250 e. The van der Waals surface area contributed by atoms with Gasteiger partial charge in [-0.15, -0.1) is 0 Å². The Morgan fingerprint density at radius 1 is 1.00 bits per heavy atom. The molecule has 0 atom stereocenters. The summed E-state index contributed by atoms with van der Waals surface area (Å²) in [5.74, 6) is 1.55. The highest BCUT2D eigenvalue weighted by Crippen LogP contribution is 2.19. The monoisotopic (exact) mass is 473 g/mol. The standard InChI is InChI=1S/C21H29N7O4.C2H6/c1-30-15-16-2-3-17(14-29)18(12-16)13-22-26-19-23-20(27-4-8-31-9-5-27)25-21(24-19)28-6-10-32-11-7-28;1-2/h2-3,12-13,29H,4-11,14-15H2,1H3,(H,23,24,25,26);1-2H3/b22-13+;. The number of aliphatic hydroxyl groups excluding tert-OH is 1. The van der Waals surface area contributed by atoms with Crippen LogP contribution in [0.15, 0.2) is 23.3 Å². The molecule has 186 valence electrons. The van der Waals surface area contributed by atoms with Crippen LogP contribution in [0.25, 0.3) is 0 Å². The van der Waals surface area contributed by atoms with Gasteiger partial charge in [-0.2, -0.15) is 20.1 Å². The molecule has 0 unspecified atom stereocenters. The number of aliphatic hydroxyl groups is 1. The van der Waals surface area contributed by atoms with E-state index in [1.165, 1.54) is 0 Å². The first-order valence-corrected chi connectivity index (χ1v) is 11.7. The summed E-state index contributed by atoms with van der Waals surface area (Å²) in [5, 5.41) is 14.0. The maximum Gasteiger partial charge on any atom is 0.250 e. The van der Waals surface area contributed by atoms with Crippen LogP contribution in [-0.2, 0) is 27.4 Å². The van der Waals surface area contributed by atoms with Crippen molar-refractivity contribution in [3.05, 3.63) is 34.9 Å². The molecule has 0 bridgehead atoms. The number of hydrazone groups is 1. The molecule has 0 spiro atoms. The molecule has 34 heavy (non-hydrogen) atoms. The number of nitrogens with one attached hydrogen (secondary N) is 1. The molecule has 0 saturated carbocycles. The molecule has 2 aliphatic heterocycles. The highest BCUT2D eigenvalue weighted by molar-refractivity contribution is 5.82. The fourth-order valence-corrected chi connectivity index (χ4v) is 3.54. The van der Waals surface area contributed by atoms with Crippen LogP contribution in [0.5, 0.6) is 0 Å². The Morgan fingerprint density at radius 2 is 1.59 bits per heavy atom. The Bertz CT molecular complexity index is 880. The van der Waals surface area contributed by atoms with E-state index in [1.807, 2.05) is 32.0 Å². The van der Waals surface area contributed by atoms with Gasteiger partial charge in [-0.25, -0.2) is 5.43 Å². The fraction of sp³-hybridized carbons (Fsp3) is 0.565. The van der Waals surface area contributed by atoms with E-state index in [0.29, 0.717) is 50.9 Å². The van der Waals surface area contributed by atoms with Gasteiger partial charge >= 0.3 is 0 Å². The average molecular weight is 474 g/mol. The van der Waals surface area contributed by atoms with Gasteiger partial charge < -0.3 is 29.1 Å². The maximum atomic E-state index is 9.64. The first-order chi connectivity index (χ1) is 16.8. The number of ether oxygens (including phenoxy) is 3. The lowest BCUT2D eigenvalue weighted by atomic mass is 10.1. The highest BCUT2D eigenvalue weighted by atomic mass is 16.5. The van der Waals surface area contributed by atoms with Crippen molar-refractivity contribution >= 4 is 24.1 Å². The quantitative estimate of drug-likeness (QED) is 0.433. The topological polar surface area (TPSA) is 117 Å². The maximum absolute atomic E-state index is 9.64. The zero-order valence-corrected chi connectivity index (χ0v) is 20.2. The Labute approximate surface area is 200 Å². The Morgan fingerprint density at radius 3 is 2.12 bits per heavy atom. The summed E-state index contributed by atoms with van der Waals surface area (Å²) in [6.45, 7) is 9.86. The molecule has 11 nitrogen and oxygen atoms in total. The molecule has 2 fully saturated rings. The number of aromatic nitrogens is 3. The van der Waals surface area contributed by atoms with Crippen molar-refractivity contribution < 1.29 is 19.3 Å². The third kappa shape index (κ3) is 7.07. The van der Waals surface area contributed by atoms with Crippen LogP contribution in [0.4, 0.5) is 17.8 Å². The van der Waals surface area contributed by atoms with Crippen LogP contribution in [0.2, 0.25) is 0 Å². The number of methoxy groups -OCH3 is 1. The van der Waals surface area contributed by atoms with Gasteiger partial charge in [-0.3, -0.25) is 0 Å². The van der Waals surface area contributed by atoms with E-state index < -0.39 is 0 Å². The van der Waals surface area contributed by atoms with E-state index in [4.69, 9.17) is 14.2 Å². The Balaban J connectivity index is 0.00000158. The van der Waals surface area contributed by atoms with Gasteiger partial charge in [-0.05, 0) is 17.2 Å². The second-order valence-corrected chi connectivity index (χ2v) is 7.45. The predicted octanol–water partition coefficient (Wildman–Crippen LogP) is 1.66. The molecule has 11 heteroatoms. The van der Waals surface area contributed by atoms with Crippen LogP contribution in [-0.4, -0.2) is 86.0 Å². The fourth-order valence-electron chi connectivity index (χ4n) is 3.54. The number of rotatable bonds is 8. The van der Waals surface area contributed by atoms with Crippen LogP contribution in [0.3, 0.4) is 0 Å². The SMILES string of the molecule is CC.COCc1ccc(CO)c(/C=N/Nc2nc(N3CCOCC3)nc(N3CCOCC3)n2)c1. The highest BCUT2D eigenvalue weighted by Gasteiger charge is 2.20. The van der Waals surface area contributed by atoms with Gasteiger partial charge in [0.2, 0.25) is 17.8 Å². The molecule has 2 N–H and O–H groups in total. The Kier molecular flexibility index (Phi) is 10.4. The van der Waals surface area contributed by atoms with Crippen LogP contribution in [0, 0.1) is 0 Å². The zero-order chi connectivity index (χ0) is 24.2. The van der Waals surface area contributed by atoms with Gasteiger partial charge in [0.05, 0.1) is 45.9 Å². The molecule has 2 aromatic rings. The molecule has 3 heterocycles. The van der Waals surface area contributed by atoms with Gasteiger partial charge in [-0.1, -0.05) is 26.0 Å². The summed E-state index contributed by atoms with van der Waals surface area (Å²) in [7, 11) is 1.65. The molecular weight excluding hydrogens is 438 g/mol. The second kappa shape index (κ2) is 13.8. The summed E-state index contributed by atoms with van der Waals surface area (Å²) in [6, 6.07) is 5.73. The van der Waals surface area contributed by atoms with Gasteiger partial charge in [0.15, 0.2) is 0 Å². The molecular formula is C23H35N7O4. The van der Waals surface area contributed by atoms with Gasteiger partial charge in [0.1, 0.15) is 0 Å². The van der Waals surface area contributed by atoms with E-state index in [-0.39, 0.29) is 6.61 Å². The first kappa shape index (κ1) is 25.8. The summed E-state index contributed by atoms with van der Waals surface area (Å²) in [6.07, 6.45) is 1.65. The predicted molar refractivity (Wildman–Crippen MR) is 132 cm³/mol. The van der Waals surface area contributed by atoms with Crippen molar-refractivity contribution in [2.75, 3.05) is 74.9 Å². The minimum Gasteiger partial charge on any atom is -0.392 e. The van der Waals surface area contributed by atoms with Crippen LogP contribution >= 0.6 is 0 Å². The lowest BCUT2D eigenvalue weighted by Crippen LogP contribution is -2.40. The van der Waals surface area contributed by atoms with E-state index in [0.717, 1.165) is 42.9 Å². The molecule has 1 aromatic heterocycles. The van der Waals surface area contributed by atoms with Crippen molar-refractivity contribution in [1.29, 1.82) is 0 Å².